The van der Waals surface area contributed by atoms with Gasteiger partial charge in [0.25, 0.3) is 5.91 Å². The largest absolute Gasteiger partial charge is 0.369 e. The average Bonchev–Trinajstić information content (AvgIpc) is 2.90. The Labute approximate surface area is 155 Å². The molecule has 0 saturated carbocycles. The standard InChI is InChI=1S/C19H22BrN3O2/c1-12-11-17(13(2)23(12)16-5-3-15(20)4-6-16)19(25)22-9-7-14(8-10-22)18(21)24/h3-6,11,14H,7-10H2,1-2H3,(H2,21,24). The topological polar surface area (TPSA) is 68.3 Å². The van der Waals surface area contributed by atoms with Crippen LogP contribution in [0.4, 0.5) is 0 Å². The van der Waals surface area contributed by atoms with E-state index in [4.69, 9.17) is 5.73 Å². The second-order valence-electron chi connectivity index (χ2n) is 6.57. The Morgan fingerprint density at radius 1 is 1.12 bits per heavy atom. The molecule has 0 spiro atoms. The Hall–Kier alpha value is -2.08. The van der Waals surface area contributed by atoms with Crippen LogP contribution in [-0.4, -0.2) is 34.4 Å². The van der Waals surface area contributed by atoms with Crippen LogP contribution in [0.5, 0.6) is 0 Å². The third kappa shape index (κ3) is 3.49. The maximum atomic E-state index is 12.9. The molecule has 2 aromatic rings. The van der Waals surface area contributed by atoms with Crippen molar-refractivity contribution < 1.29 is 9.59 Å². The first-order valence-electron chi connectivity index (χ1n) is 8.42. The smallest absolute Gasteiger partial charge is 0.255 e. The molecule has 132 valence electrons. The fourth-order valence-corrected chi connectivity index (χ4v) is 3.77. The number of benzene rings is 1. The minimum atomic E-state index is -0.263. The van der Waals surface area contributed by atoms with E-state index in [0.29, 0.717) is 25.9 Å². The predicted octanol–water partition coefficient (Wildman–Crippen LogP) is 3.19. The van der Waals surface area contributed by atoms with Crippen LogP contribution in [0.2, 0.25) is 0 Å². The number of amides is 2. The van der Waals surface area contributed by atoms with E-state index in [0.717, 1.165) is 27.1 Å². The zero-order valence-electron chi connectivity index (χ0n) is 14.5. The Bertz CT molecular complexity index is 803. The first-order chi connectivity index (χ1) is 11.9. The lowest BCUT2D eigenvalue weighted by molar-refractivity contribution is -0.123. The van der Waals surface area contributed by atoms with Crippen molar-refractivity contribution in [2.75, 3.05) is 13.1 Å². The van der Waals surface area contributed by atoms with Gasteiger partial charge < -0.3 is 15.2 Å². The SMILES string of the molecule is Cc1cc(C(=O)N2CCC(C(N)=O)CC2)c(C)n1-c1ccc(Br)cc1. The highest BCUT2D eigenvalue weighted by atomic mass is 79.9. The van der Waals surface area contributed by atoms with Crippen molar-refractivity contribution in [3.8, 4) is 5.69 Å². The second-order valence-corrected chi connectivity index (χ2v) is 7.48. The Morgan fingerprint density at radius 2 is 1.72 bits per heavy atom. The Kier molecular flexibility index (Phi) is 4.99. The fourth-order valence-electron chi connectivity index (χ4n) is 3.50. The lowest BCUT2D eigenvalue weighted by Crippen LogP contribution is -2.41. The van der Waals surface area contributed by atoms with E-state index in [-0.39, 0.29) is 17.7 Å². The molecule has 0 aliphatic carbocycles. The van der Waals surface area contributed by atoms with Gasteiger partial charge in [-0.25, -0.2) is 0 Å². The molecule has 1 aliphatic heterocycles. The summed E-state index contributed by atoms with van der Waals surface area (Å²) in [6, 6.07) is 9.97. The van der Waals surface area contributed by atoms with Gasteiger partial charge in [0.2, 0.25) is 5.91 Å². The van der Waals surface area contributed by atoms with Crippen LogP contribution in [0.3, 0.4) is 0 Å². The predicted molar refractivity (Wildman–Crippen MR) is 101 cm³/mol. The molecular weight excluding hydrogens is 382 g/mol. The van der Waals surface area contributed by atoms with Gasteiger partial charge in [0.05, 0.1) is 5.56 Å². The molecular formula is C19H22BrN3O2. The molecule has 2 N–H and O–H groups in total. The molecule has 0 unspecified atom stereocenters. The highest BCUT2D eigenvalue weighted by molar-refractivity contribution is 9.10. The quantitative estimate of drug-likeness (QED) is 0.854. The van der Waals surface area contributed by atoms with Crippen LogP contribution >= 0.6 is 15.9 Å². The number of aromatic nitrogens is 1. The molecule has 5 nitrogen and oxygen atoms in total. The van der Waals surface area contributed by atoms with E-state index < -0.39 is 0 Å². The minimum Gasteiger partial charge on any atom is -0.369 e. The Balaban J connectivity index is 1.84. The van der Waals surface area contributed by atoms with Crippen molar-refractivity contribution in [3.05, 3.63) is 51.8 Å². The van der Waals surface area contributed by atoms with Gasteiger partial charge in [0.1, 0.15) is 0 Å². The number of aryl methyl sites for hydroxylation is 1. The Morgan fingerprint density at radius 3 is 2.28 bits per heavy atom. The van der Waals surface area contributed by atoms with Crippen LogP contribution in [0.15, 0.2) is 34.8 Å². The minimum absolute atomic E-state index is 0.0272. The van der Waals surface area contributed by atoms with Gasteiger partial charge in [-0.15, -0.1) is 0 Å². The molecule has 2 amide bonds. The second kappa shape index (κ2) is 7.04. The average molecular weight is 404 g/mol. The normalized spacial score (nSPS) is 15.4. The van der Waals surface area contributed by atoms with Gasteiger partial charge in [-0.1, -0.05) is 15.9 Å². The zero-order valence-corrected chi connectivity index (χ0v) is 16.0. The van der Waals surface area contributed by atoms with E-state index in [9.17, 15) is 9.59 Å². The molecule has 1 aliphatic rings. The zero-order chi connectivity index (χ0) is 18.1. The highest BCUT2D eigenvalue weighted by Gasteiger charge is 2.28. The highest BCUT2D eigenvalue weighted by Crippen LogP contribution is 2.25. The van der Waals surface area contributed by atoms with Crippen LogP contribution in [0, 0.1) is 19.8 Å². The van der Waals surface area contributed by atoms with Crippen molar-refractivity contribution in [3.63, 3.8) is 0 Å². The van der Waals surface area contributed by atoms with E-state index in [1.807, 2.05) is 49.1 Å². The third-order valence-corrected chi connectivity index (χ3v) is 5.46. The molecule has 6 heteroatoms. The number of nitrogens with zero attached hydrogens (tertiary/aromatic N) is 2. The summed E-state index contributed by atoms with van der Waals surface area (Å²) in [4.78, 5) is 26.1. The fraction of sp³-hybridized carbons (Fsp3) is 0.368. The molecule has 0 bridgehead atoms. The molecule has 25 heavy (non-hydrogen) atoms. The summed E-state index contributed by atoms with van der Waals surface area (Å²) in [6.07, 6.45) is 1.29. The van der Waals surface area contributed by atoms with Crippen molar-refractivity contribution in [1.29, 1.82) is 0 Å². The summed E-state index contributed by atoms with van der Waals surface area (Å²) in [5, 5.41) is 0. The number of likely N-dealkylation sites (tertiary alicyclic amines) is 1. The molecule has 1 fully saturated rings. The summed E-state index contributed by atoms with van der Waals surface area (Å²) in [5.41, 5.74) is 9.08. The van der Waals surface area contributed by atoms with Crippen molar-refractivity contribution in [2.45, 2.75) is 26.7 Å². The molecule has 0 radical (unpaired) electrons. The number of primary amides is 1. The van der Waals surface area contributed by atoms with Crippen molar-refractivity contribution >= 4 is 27.7 Å². The number of carbonyl (C=O) groups excluding carboxylic acids is 2. The number of hydrogen-bond donors (Lipinski definition) is 1. The molecule has 2 heterocycles. The number of carbonyl (C=O) groups is 2. The summed E-state index contributed by atoms with van der Waals surface area (Å²) < 4.78 is 3.11. The number of hydrogen-bond acceptors (Lipinski definition) is 2. The lowest BCUT2D eigenvalue weighted by Gasteiger charge is -2.30. The van der Waals surface area contributed by atoms with Gasteiger partial charge in [0, 0.05) is 40.6 Å². The van der Waals surface area contributed by atoms with Gasteiger partial charge >= 0.3 is 0 Å². The van der Waals surface area contributed by atoms with E-state index in [1.54, 1.807) is 0 Å². The lowest BCUT2D eigenvalue weighted by atomic mass is 9.96. The maximum absolute atomic E-state index is 12.9. The monoisotopic (exact) mass is 403 g/mol. The molecule has 1 aromatic heterocycles. The van der Waals surface area contributed by atoms with Crippen molar-refractivity contribution in [1.82, 2.24) is 9.47 Å². The van der Waals surface area contributed by atoms with Crippen LogP contribution < -0.4 is 5.73 Å². The summed E-state index contributed by atoms with van der Waals surface area (Å²) in [6.45, 7) is 5.13. The van der Waals surface area contributed by atoms with Gasteiger partial charge in [-0.3, -0.25) is 9.59 Å². The summed E-state index contributed by atoms with van der Waals surface area (Å²) >= 11 is 3.45. The molecule has 1 aromatic carbocycles. The van der Waals surface area contributed by atoms with Gasteiger partial charge in [-0.05, 0) is 57.0 Å². The van der Waals surface area contributed by atoms with Crippen LogP contribution in [0.25, 0.3) is 5.69 Å². The van der Waals surface area contributed by atoms with Gasteiger partial charge in [0.15, 0.2) is 0 Å². The van der Waals surface area contributed by atoms with E-state index >= 15 is 0 Å². The first kappa shape index (κ1) is 17.7. The van der Waals surface area contributed by atoms with Gasteiger partial charge in [-0.2, -0.15) is 0 Å². The number of rotatable bonds is 3. The number of halogens is 1. The third-order valence-electron chi connectivity index (χ3n) is 4.93. The number of nitrogens with two attached hydrogens (primary N) is 1. The molecule has 3 rings (SSSR count). The summed E-state index contributed by atoms with van der Waals surface area (Å²) in [5.74, 6) is -0.348. The van der Waals surface area contributed by atoms with E-state index in [1.165, 1.54) is 0 Å². The van der Waals surface area contributed by atoms with Crippen molar-refractivity contribution in [2.24, 2.45) is 11.7 Å². The summed E-state index contributed by atoms with van der Waals surface area (Å²) in [7, 11) is 0. The number of piperidine rings is 1. The molecule has 0 atom stereocenters. The van der Waals surface area contributed by atoms with E-state index in [2.05, 4.69) is 20.5 Å². The van der Waals surface area contributed by atoms with Crippen LogP contribution in [0.1, 0.15) is 34.6 Å². The first-order valence-corrected chi connectivity index (χ1v) is 9.21. The van der Waals surface area contributed by atoms with Crippen LogP contribution in [-0.2, 0) is 4.79 Å². The maximum Gasteiger partial charge on any atom is 0.255 e. The molecule has 1 saturated heterocycles.